The smallest absolute Gasteiger partial charge is 0.226 e. The summed E-state index contributed by atoms with van der Waals surface area (Å²) in [6, 6.07) is 5.18. The summed E-state index contributed by atoms with van der Waals surface area (Å²) in [4.78, 5) is 25.4. The molecule has 6 heteroatoms. The molecule has 128 valence electrons. The fraction of sp³-hybridized carbons (Fsp3) is 0.529. The van der Waals surface area contributed by atoms with Crippen LogP contribution in [-0.4, -0.2) is 44.0 Å². The second-order valence-corrected chi connectivity index (χ2v) is 5.72. The summed E-state index contributed by atoms with van der Waals surface area (Å²) >= 11 is 0. The van der Waals surface area contributed by atoms with Crippen LogP contribution in [0, 0.1) is 5.92 Å². The summed E-state index contributed by atoms with van der Waals surface area (Å²) in [5.41, 5.74) is 0.580. The van der Waals surface area contributed by atoms with E-state index in [1.807, 2.05) is 13.8 Å². The lowest BCUT2D eigenvalue weighted by molar-refractivity contribution is -0.129. The molecule has 23 heavy (non-hydrogen) atoms. The van der Waals surface area contributed by atoms with E-state index in [-0.39, 0.29) is 18.2 Å². The predicted octanol–water partition coefficient (Wildman–Crippen LogP) is 2.54. The van der Waals surface area contributed by atoms with Gasteiger partial charge in [-0.3, -0.25) is 9.59 Å². The highest BCUT2D eigenvalue weighted by molar-refractivity contribution is 5.92. The Kier molecular flexibility index (Phi) is 7.38. The Hall–Kier alpha value is -2.24. The minimum atomic E-state index is -0.163. The first-order chi connectivity index (χ1) is 10.9. The lowest BCUT2D eigenvalue weighted by atomic mass is 10.2. The Labute approximate surface area is 137 Å². The molecule has 1 aromatic rings. The van der Waals surface area contributed by atoms with Crippen LogP contribution in [0.1, 0.15) is 27.2 Å². The minimum absolute atomic E-state index is 0.0199. The third-order valence-corrected chi connectivity index (χ3v) is 3.32. The van der Waals surface area contributed by atoms with Crippen LogP contribution in [0.5, 0.6) is 11.5 Å². The number of carbonyl (C=O) groups excluding carboxylic acids is 2. The molecule has 0 heterocycles. The molecular weight excluding hydrogens is 296 g/mol. The predicted molar refractivity (Wildman–Crippen MR) is 89.9 cm³/mol. The molecule has 6 nitrogen and oxygen atoms in total. The molecule has 1 rings (SSSR count). The molecule has 0 aromatic heterocycles. The van der Waals surface area contributed by atoms with Crippen molar-refractivity contribution in [1.29, 1.82) is 0 Å². The first kappa shape index (κ1) is 18.8. The molecule has 0 aliphatic rings. The fourth-order valence-electron chi connectivity index (χ4n) is 2.17. The van der Waals surface area contributed by atoms with Crippen molar-refractivity contribution in [2.24, 2.45) is 5.92 Å². The molecular formula is C17H26N2O4. The van der Waals surface area contributed by atoms with Gasteiger partial charge in [0.1, 0.15) is 11.5 Å². The molecule has 0 aliphatic heterocycles. The van der Waals surface area contributed by atoms with Crippen LogP contribution in [0.3, 0.4) is 0 Å². The van der Waals surface area contributed by atoms with Crippen molar-refractivity contribution >= 4 is 17.5 Å². The van der Waals surface area contributed by atoms with Crippen molar-refractivity contribution in [3.05, 3.63) is 18.2 Å². The number of ether oxygens (including phenoxy) is 2. The van der Waals surface area contributed by atoms with Gasteiger partial charge >= 0.3 is 0 Å². The lowest BCUT2D eigenvalue weighted by Crippen LogP contribution is -2.34. The highest BCUT2D eigenvalue weighted by Crippen LogP contribution is 2.29. The third-order valence-electron chi connectivity index (χ3n) is 3.32. The van der Waals surface area contributed by atoms with E-state index in [1.54, 1.807) is 30.2 Å². The van der Waals surface area contributed by atoms with Crippen molar-refractivity contribution in [1.82, 2.24) is 4.90 Å². The van der Waals surface area contributed by atoms with Gasteiger partial charge in [-0.15, -0.1) is 0 Å². The van der Waals surface area contributed by atoms with Crippen LogP contribution in [0.25, 0.3) is 0 Å². The molecule has 0 bridgehead atoms. The van der Waals surface area contributed by atoms with E-state index >= 15 is 0 Å². The zero-order valence-corrected chi connectivity index (χ0v) is 14.5. The summed E-state index contributed by atoms with van der Waals surface area (Å²) < 4.78 is 10.4. The average Bonchev–Trinajstić information content (AvgIpc) is 2.51. The molecule has 0 radical (unpaired) electrons. The number of carbonyl (C=O) groups is 2. The average molecular weight is 322 g/mol. The number of hydrogen-bond donors (Lipinski definition) is 1. The normalized spacial score (nSPS) is 10.3. The number of nitrogens with one attached hydrogen (secondary N) is 1. The standard InChI is InChI=1S/C17H26N2O4/c1-12(2)11-19(13(3)20)9-8-17(21)18-15-7-6-14(22-4)10-16(15)23-5/h6-7,10,12H,8-9,11H2,1-5H3,(H,18,21). The molecule has 0 unspecified atom stereocenters. The molecule has 0 saturated heterocycles. The second kappa shape index (κ2) is 9.02. The topological polar surface area (TPSA) is 67.9 Å². The van der Waals surface area contributed by atoms with Gasteiger partial charge in [-0.1, -0.05) is 13.8 Å². The van der Waals surface area contributed by atoms with Crippen LogP contribution in [-0.2, 0) is 9.59 Å². The van der Waals surface area contributed by atoms with Gasteiger partial charge in [-0.05, 0) is 18.1 Å². The quantitative estimate of drug-likeness (QED) is 0.798. The van der Waals surface area contributed by atoms with E-state index < -0.39 is 0 Å². The van der Waals surface area contributed by atoms with E-state index in [1.165, 1.54) is 14.0 Å². The van der Waals surface area contributed by atoms with Crippen LogP contribution < -0.4 is 14.8 Å². The van der Waals surface area contributed by atoms with E-state index in [0.29, 0.717) is 36.2 Å². The molecule has 0 spiro atoms. The third kappa shape index (κ3) is 6.18. The summed E-state index contributed by atoms with van der Waals surface area (Å²) in [7, 11) is 3.10. The first-order valence-corrected chi connectivity index (χ1v) is 7.64. The molecule has 0 atom stereocenters. The van der Waals surface area contributed by atoms with Gasteiger partial charge in [0.05, 0.1) is 19.9 Å². The summed E-state index contributed by atoms with van der Waals surface area (Å²) in [6.07, 6.45) is 0.238. The number of nitrogens with zero attached hydrogens (tertiary/aromatic N) is 1. The largest absolute Gasteiger partial charge is 0.497 e. The van der Waals surface area contributed by atoms with Gasteiger partial charge in [-0.2, -0.15) is 0 Å². The molecule has 0 aliphatic carbocycles. The van der Waals surface area contributed by atoms with E-state index in [9.17, 15) is 9.59 Å². The molecule has 1 N–H and O–H groups in total. The molecule has 0 fully saturated rings. The van der Waals surface area contributed by atoms with Gasteiger partial charge in [0.15, 0.2) is 0 Å². The van der Waals surface area contributed by atoms with Gasteiger partial charge in [0.25, 0.3) is 0 Å². The van der Waals surface area contributed by atoms with Crippen molar-refractivity contribution in [2.75, 3.05) is 32.6 Å². The zero-order chi connectivity index (χ0) is 17.4. The Morgan fingerprint density at radius 3 is 2.43 bits per heavy atom. The maximum atomic E-state index is 12.1. The monoisotopic (exact) mass is 322 g/mol. The van der Waals surface area contributed by atoms with Crippen LogP contribution >= 0.6 is 0 Å². The van der Waals surface area contributed by atoms with E-state index in [2.05, 4.69) is 5.32 Å². The van der Waals surface area contributed by atoms with Crippen LogP contribution in [0.15, 0.2) is 18.2 Å². The van der Waals surface area contributed by atoms with Crippen molar-refractivity contribution < 1.29 is 19.1 Å². The van der Waals surface area contributed by atoms with Gasteiger partial charge < -0.3 is 19.7 Å². The highest BCUT2D eigenvalue weighted by atomic mass is 16.5. The molecule has 1 aromatic carbocycles. The number of rotatable bonds is 8. The maximum Gasteiger partial charge on any atom is 0.226 e. The number of anilines is 1. The Morgan fingerprint density at radius 2 is 1.91 bits per heavy atom. The van der Waals surface area contributed by atoms with Crippen LogP contribution in [0.4, 0.5) is 5.69 Å². The lowest BCUT2D eigenvalue weighted by Gasteiger charge is -2.22. The second-order valence-electron chi connectivity index (χ2n) is 5.72. The van der Waals surface area contributed by atoms with Gasteiger partial charge in [-0.25, -0.2) is 0 Å². The Morgan fingerprint density at radius 1 is 1.22 bits per heavy atom. The maximum absolute atomic E-state index is 12.1. The van der Waals surface area contributed by atoms with Crippen molar-refractivity contribution in [2.45, 2.75) is 27.2 Å². The molecule has 2 amide bonds. The van der Waals surface area contributed by atoms with Crippen molar-refractivity contribution in [3.63, 3.8) is 0 Å². The summed E-state index contributed by atoms with van der Waals surface area (Å²) in [6.45, 7) is 6.65. The summed E-state index contributed by atoms with van der Waals surface area (Å²) in [5, 5.41) is 2.80. The Bertz CT molecular complexity index is 543. The van der Waals surface area contributed by atoms with E-state index in [4.69, 9.17) is 9.47 Å². The minimum Gasteiger partial charge on any atom is -0.497 e. The zero-order valence-electron chi connectivity index (χ0n) is 14.5. The van der Waals surface area contributed by atoms with Gasteiger partial charge in [0.2, 0.25) is 11.8 Å². The number of amides is 2. The van der Waals surface area contributed by atoms with Crippen LogP contribution in [0.2, 0.25) is 0 Å². The number of benzene rings is 1. The number of methoxy groups -OCH3 is 2. The first-order valence-electron chi connectivity index (χ1n) is 7.64. The Balaban J connectivity index is 2.64. The SMILES string of the molecule is COc1ccc(NC(=O)CCN(CC(C)C)C(C)=O)c(OC)c1. The fourth-order valence-corrected chi connectivity index (χ4v) is 2.17. The summed E-state index contributed by atoms with van der Waals surface area (Å²) in [5.74, 6) is 1.36. The van der Waals surface area contributed by atoms with Crippen molar-refractivity contribution in [3.8, 4) is 11.5 Å². The van der Waals surface area contributed by atoms with E-state index in [0.717, 1.165) is 0 Å². The molecule has 0 saturated carbocycles. The number of hydrogen-bond acceptors (Lipinski definition) is 4. The highest BCUT2D eigenvalue weighted by Gasteiger charge is 2.14. The van der Waals surface area contributed by atoms with Gasteiger partial charge in [0, 0.05) is 32.5 Å².